The lowest BCUT2D eigenvalue weighted by Gasteiger charge is -2.12. The fourth-order valence-corrected chi connectivity index (χ4v) is 2.77. The number of rotatable bonds is 3. The number of benzene rings is 1. The molecule has 2 rings (SSSR count). The summed E-state index contributed by atoms with van der Waals surface area (Å²) < 4.78 is 0. The summed E-state index contributed by atoms with van der Waals surface area (Å²) in [7, 11) is 0. The molecule has 0 saturated heterocycles. The predicted molar refractivity (Wildman–Crippen MR) is 68.9 cm³/mol. The van der Waals surface area contributed by atoms with Crippen LogP contribution in [0.1, 0.15) is 28.4 Å². The van der Waals surface area contributed by atoms with Crippen LogP contribution in [-0.2, 0) is 6.42 Å². The van der Waals surface area contributed by atoms with Crippen molar-refractivity contribution in [2.24, 2.45) is 0 Å². The topological polar surface area (TPSA) is 20.2 Å². The van der Waals surface area contributed by atoms with Gasteiger partial charge in [-0.3, -0.25) is 0 Å². The van der Waals surface area contributed by atoms with Crippen LogP contribution in [-0.4, -0.2) is 5.11 Å². The average molecular weight is 232 g/mol. The van der Waals surface area contributed by atoms with Crippen LogP contribution >= 0.6 is 11.3 Å². The lowest BCUT2D eigenvalue weighted by atomic mass is 9.98. The first-order chi connectivity index (χ1) is 7.68. The zero-order chi connectivity index (χ0) is 11.5. The Bertz CT molecular complexity index is 473. The molecule has 1 N–H and O–H groups in total. The maximum atomic E-state index is 10.2. The molecule has 0 spiro atoms. The molecule has 0 amide bonds. The highest BCUT2D eigenvalue weighted by molar-refractivity contribution is 7.08. The minimum absolute atomic E-state index is 0.382. The van der Waals surface area contributed by atoms with E-state index in [2.05, 4.69) is 24.4 Å². The summed E-state index contributed by atoms with van der Waals surface area (Å²) in [5, 5.41) is 14.3. The Labute approximate surface area is 100 Å². The van der Waals surface area contributed by atoms with Gasteiger partial charge >= 0.3 is 0 Å². The molecule has 16 heavy (non-hydrogen) atoms. The lowest BCUT2D eigenvalue weighted by molar-refractivity contribution is 0.178. The zero-order valence-corrected chi connectivity index (χ0v) is 10.4. The third kappa shape index (κ3) is 2.34. The second-order valence-electron chi connectivity index (χ2n) is 4.16. The second-order valence-corrected chi connectivity index (χ2v) is 4.90. The van der Waals surface area contributed by atoms with E-state index in [1.807, 2.05) is 24.4 Å². The van der Waals surface area contributed by atoms with E-state index < -0.39 is 0 Å². The predicted octanol–water partition coefficient (Wildman–Crippen LogP) is 3.64. The van der Waals surface area contributed by atoms with Gasteiger partial charge in [0.05, 0.1) is 6.10 Å². The second kappa shape index (κ2) is 4.81. The van der Waals surface area contributed by atoms with Crippen molar-refractivity contribution in [1.29, 1.82) is 0 Å². The largest absolute Gasteiger partial charge is 0.388 e. The van der Waals surface area contributed by atoms with Crippen molar-refractivity contribution in [2.75, 3.05) is 0 Å². The van der Waals surface area contributed by atoms with Gasteiger partial charge in [-0.15, -0.1) is 0 Å². The van der Waals surface area contributed by atoms with Crippen molar-refractivity contribution in [2.45, 2.75) is 26.4 Å². The highest BCUT2D eigenvalue weighted by atomic mass is 32.1. The molecule has 0 aliphatic rings. The first-order valence-corrected chi connectivity index (χ1v) is 6.38. The molecule has 0 aliphatic carbocycles. The number of aliphatic hydroxyl groups is 1. The maximum Gasteiger partial charge on any atom is 0.0841 e. The smallest absolute Gasteiger partial charge is 0.0841 e. The van der Waals surface area contributed by atoms with Crippen LogP contribution in [0, 0.1) is 13.8 Å². The molecule has 0 radical (unpaired) electrons. The summed E-state index contributed by atoms with van der Waals surface area (Å²) in [6.07, 6.45) is 0.317. The van der Waals surface area contributed by atoms with Crippen LogP contribution in [0.3, 0.4) is 0 Å². The van der Waals surface area contributed by atoms with E-state index >= 15 is 0 Å². The molecule has 2 heteroatoms. The summed E-state index contributed by atoms with van der Waals surface area (Å²) in [6.45, 7) is 4.13. The standard InChI is InChI=1S/C14H16OS/c1-10-5-3-4-6-12(10)7-14(15)13-9-16-8-11(13)2/h3-6,8-9,14-15H,7H2,1-2H3. The van der Waals surface area contributed by atoms with E-state index in [-0.39, 0.29) is 6.10 Å². The summed E-state index contributed by atoms with van der Waals surface area (Å²) in [5.41, 5.74) is 4.72. The minimum atomic E-state index is -0.382. The van der Waals surface area contributed by atoms with Crippen molar-refractivity contribution in [3.63, 3.8) is 0 Å². The Morgan fingerprint density at radius 3 is 2.50 bits per heavy atom. The number of aliphatic hydroxyl groups excluding tert-OH is 1. The molecule has 2 aromatic rings. The van der Waals surface area contributed by atoms with Crippen LogP contribution in [0.2, 0.25) is 0 Å². The third-order valence-corrected chi connectivity index (χ3v) is 3.81. The van der Waals surface area contributed by atoms with Crippen LogP contribution in [0.15, 0.2) is 35.0 Å². The maximum absolute atomic E-state index is 10.2. The molecule has 1 atom stereocenters. The van der Waals surface area contributed by atoms with Gasteiger partial charge in [0.25, 0.3) is 0 Å². The number of hydrogen-bond donors (Lipinski definition) is 1. The third-order valence-electron chi connectivity index (χ3n) is 2.93. The summed E-state index contributed by atoms with van der Waals surface area (Å²) in [6, 6.07) is 8.22. The molecule has 0 saturated carbocycles. The quantitative estimate of drug-likeness (QED) is 0.856. The van der Waals surface area contributed by atoms with E-state index in [0.29, 0.717) is 6.42 Å². The minimum Gasteiger partial charge on any atom is -0.388 e. The number of thiophene rings is 1. The van der Waals surface area contributed by atoms with E-state index in [0.717, 1.165) is 5.56 Å². The fourth-order valence-electron chi connectivity index (χ4n) is 1.87. The molecular formula is C14H16OS. The zero-order valence-electron chi connectivity index (χ0n) is 9.60. The summed E-state index contributed by atoms with van der Waals surface area (Å²) in [5.74, 6) is 0. The van der Waals surface area contributed by atoms with E-state index in [4.69, 9.17) is 0 Å². The van der Waals surface area contributed by atoms with Gasteiger partial charge < -0.3 is 5.11 Å². The fraction of sp³-hybridized carbons (Fsp3) is 0.286. The first-order valence-electron chi connectivity index (χ1n) is 5.43. The summed E-state index contributed by atoms with van der Waals surface area (Å²) >= 11 is 1.65. The van der Waals surface area contributed by atoms with Gasteiger partial charge in [0.15, 0.2) is 0 Å². The van der Waals surface area contributed by atoms with Gasteiger partial charge in [-0.05, 0) is 46.9 Å². The molecule has 1 nitrogen and oxygen atoms in total. The number of hydrogen-bond acceptors (Lipinski definition) is 2. The molecule has 84 valence electrons. The van der Waals surface area contributed by atoms with Crippen molar-refractivity contribution < 1.29 is 5.11 Å². The molecule has 1 heterocycles. The monoisotopic (exact) mass is 232 g/mol. The first kappa shape index (κ1) is 11.4. The molecular weight excluding hydrogens is 216 g/mol. The highest BCUT2D eigenvalue weighted by Gasteiger charge is 2.12. The van der Waals surface area contributed by atoms with Crippen molar-refractivity contribution >= 4 is 11.3 Å². The van der Waals surface area contributed by atoms with Gasteiger partial charge in [0, 0.05) is 6.42 Å². The van der Waals surface area contributed by atoms with Gasteiger partial charge in [-0.25, -0.2) is 0 Å². The normalized spacial score (nSPS) is 12.7. The molecule has 1 aromatic carbocycles. The number of aryl methyl sites for hydroxylation is 2. The SMILES string of the molecule is Cc1ccccc1CC(O)c1cscc1C. The van der Waals surface area contributed by atoms with Crippen LogP contribution in [0.4, 0.5) is 0 Å². The van der Waals surface area contributed by atoms with Crippen molar-refractivity contribution in [3.8, 4) is 0 Å². The average Bonchev–Trinajstić information content (AvgIpc) is 2.68. The molecule has 0 bridgehead atoms. The molecule has 0 aliphatic heterocycles. The van der Waals surface area contributed by atoms with Gasteiger partial charge in [-0.1, -0.05) is 24.3 Å². The van der Waals surface area contributed by atoms with Crippen molar-refractivity contribution in [3.05, 3.63) is 57.3 Å². The van der Waals surface area contributed by atoms with Crippen LogP contribution < -0.4 is 0 Å². The Hall–Kier alpha value is -1.12. The van der Waals surface area contributed by atoms with Crippen LogP contribution in [0.25, 0.3) is 0 Å². The Kier molecular flexibility index (Phi) is 3.42. The Balaban J connectivity index is 2.17. The van der Waals surface area contributed by atoms with Gasteiger partial charge in [0.1, 0.15) is 0 Å². The Morgan fingerprint density at radius 2 is 1.88 bits per heavy atom. The molecule has 1 aromatic heterocycles. The molecule has 0 fully saturated rings. The van der Waals surface area contributed by atoms with E-state index in [9.17, 15) is 5.11 Å². The van der Waals surface area contributed by atoms with E-state index in [1.54, 1.807) is 11.3 Å². The van der Waals surface area contributed by atoms with Gasteiger partial charge in [-0.2, -0.15) is 11.3 Å². The van der Waals surface area contributed by atoms with Crippen LogP contribution in [0.5, 0.6) is 0 Å². The summed E-state index contributed by atoms with van der Waals surface area (Å²) in [4.78, 5) is 0. The van der Waals surface area contributed by atoms with Gasteiger partial charge in [0.2, 0.25) is 0 Å². The highest BCUT2D eigenvalue weighted by Crippen LogP contribution is 2.25. The molecule has 1 unspecified atom stereocenters. The van der Waals surface area contributed by atoms with E-state index in [1.165, 1.54) is 16.7 Å². The Morgan fingerprint density at radius 1 is 1.12 bits per heavy atom. The van der Waals surface area contributed by atoms with Crippen molar-refractivity contribution in [1.82, 2.24) is 0 Å². The lowest BCUT2D eigenvalue weighted by Crippen LogP contribution is -2.03.